The number of rotatable bonds is 6. The van der Waals surface area contributed by atoms with Crippen LogP contribution in [-0.4, -0.2) is 16.8 Å². The van der Waals surface area contributed by atoms with E-state index in [2.05, 4.69) is 4.99 Å². The molecule has 1 aliphatic rings. The maximum absolute atomic E-state index is 13.4. The van der Waals surface area contributed by atoms with Crippen LogP contribution in [0.15, 0.2) is 83.5 Å². The molecule has 0 N–H and O–H groups in total. The van der Waals surface area contributed by atoms with E-state index in [4.69, 9.17) is 9.47 Å². The Morgan fingerprint density at radius 2 is 1.84 bits per heavy atom. The Morgan fingerprint density at radius 1 is 1.06 bits per heavy atom. The molecule has 3 aromatic carbocycles. The van der Waals surface area contributed by atoms with Crippen LogP contribution in [-0.2, 0) is 16.1 Å². The van der Waals surface area contributed by atoms with Gasteiger partial charge in [-0.15, -0.1) is 0 Å². The van der Waals surface area contributed by atoms with E-state index >= 15 is 0 Å². The van der Waals surface area contributed by atoms with Gasteiger partial charge in [0.25, 0.3) is 5.69 Å². The Kier molecular flexibility index (Phi) is 5.53. The molecule has 0 atom stereocenters. The molecule has 3 aromatic rings. The lowest BCUT2D eigenvalue weighted by Crippen LogP contribution is -2.05. The summed E-state index contributed by atoms with van der Waals surface area (Å²) in [4.78, 5) is 26.7. The molecule has 1 aliphatic heterocycles. The molecule has 0 saturated carbocycles. The van der Waals surface area contributed by atoms with Gasteiger partial charge in [0.05, 0.1) is 4.92 Å². The van der Waals surface area contributed by atoms with Gasteiger partial charge in [0.1, 0.15) is 18.2 Å². The lowest BCUT2D eigenvalue weighted by atomic mass is 10.1. The molecule has 7 nitrogen and oxygen atoms in total. The van der Waals surface area contributed by atoms with Crippen LogP contribution < -0.4 is 4.74 Å². The summed E-state index contributed by atoms with van der Waals surface area (Å²) in [6.45, 7) is 0.181. The largest absolute Gasteiger partial charge is 0.488 e. The predicted molar refractivity (Wildman–Crippen MR) is 111 cm³/mol. The number of para-hydroxylation sites is 1. The average Bonchev–Trinajstić information content (AvgIpc) is 3.14. The van der Waals surface area contributed by atoms with Crippen molar-refractivity contribution >= 4 is 23.6 Å². The summed E-state index contributed by atoms with van der Waals surface area (Å²) in [6, 6.07) is 18.7. The molecule has 8 heteroatoms. The van der Waals surface area contributed by atoms with Crippen LogP contribution in [0.4, 0.5) is 10.1 Å². The summed E-state index contributed by atoms with van der Waals surface area (Å²) < 4.78 is 24.4. The fourth-order valence-electron chi connectivity index (χ4n) is 2.91. The minimum atomic E-state index is -0.649. The van der Waals surface area contributed by atoms with E-state index in [1.165, 1.54) is 36.4 Å². The molecule has 0 fully saturated rings. The number of hydrogen-bond donors (Lipinski definition) is 0. The van der Waals surface area contributed by atoms with Gasteiger partial charge in [-0.05, 0) is 48.0 Å². The molecule has 4 rings (SSSR count). The summed E-state index contributed by atoms with van der Waals surface area (Å²) in [5.41, 5.74) is 1.77. The van der Waals surface area contributed by atoms with Gasteiger partial charge in [-0.2, -0.15) is 0 Å². The summed E-state index contributed by atoms with van der Waals surface area (Å²) in [5.74, 6) is -0.585. The zero-order valence-corrected chi connectivity index (χ0v) is 16.0. The zero-order chi connectivity index (χ0) is 21.8. The van der Waals surface area contributed by atoms with Crippen LogP contribution in [0.5, 0.6) is 5.75 Å². The molecule has 0 aliphatic carbocycles. The normalized spacial score (nSPS) is 14.3. The number of carbonyl (C=O) groups is 1. The van der Waals surface area contributed by atoms with Crippen molar-refractivity contribution in [1.82, 2.24) is 0 Å². The van der Waals surface area contributed by atoms with Crippen LogP contribution in [0.2, 0.25) is 0 Å². The Hall–Kier alpha value is -4.33. The number of esters is 1. The second kappa shape index (κ2) is 8.58. The first-order chi connectivity index (χ1) is 15.0. The number of carbonyl (C=O) groups excluding carboxylic acids is 1. The van der Waals surface area contributed by atoms with Crippen molar-refractivity contribution < 1.29 is 23.6 Å². The third-order valence-electron chi connectivity index (χ3n) is 4.44. The minimum absolute atomic E-state index is 0.000548. The number of benzene rings is 3. The lowest BCUT2D eigenvalue weighted by Gasteiger charge is -2.09. The van der Waals surface area contributed by atoms with E-state index in [1.807, 2.05) is 0 Å². The van der Waals surface area contributed by atoms with Gasteiger partial charge in [0.2, 0.25) is 5.90 Å². The van der Waals surface area contributed by atoms with Crippen LogP contribution in [0, 0.1) is 15.9 Å². The highest BCUT2D eigenvalue weighted by molar-refractivity contribution is 6.12. The number of nitrogens with zero attached hydrogens (tertiary/aromatic N) is 2. The molecule has 0 amide bonds. The Morgan fingerprint density at radius 3 is 2.58 bits per heavy atom. The van der Waals surface area contributed by atoms with Crippen molar-refractivity contribution in [2.75, 3.05) is 0 Å². The van der Waals surface area contributed by atoms with Crippen LogP contribution >= 0.6 is 0 Å². The highest BCUT2D eigenvalue weighted by Crippen LogP contribution is 2.26. The van der Waals surface area contributed by atoms with Gasteiger partial charge in [0.15, 0.2) is 5.70 Å². The van der Waals surface area contributed by atoms with E-state index in [0.29, 0.717) is 16.9 Å². The van der Waals surface area contributed by atoms with Crippen molar-refractivity contribution in [1.29, 1.82) is 0 Å². The molecule has 0 bridgehead atoms. The van der Waals surface area contributed by atoms with Gasteiger partial charge in [0, 0.05) is 23.3 Å². The molecular weight excluding hydrogens is 403 g/mol. The third kappa shape index (κ3) is 4.64. The monoisotopic (exact) mass is 418 g/mol. The first kappa shape index (κ1) is 20.0. The van der Waals surface area contributed by atoms with Crippen molar-refractivity contribution in [3.63, 3.8) is 0 Å². The maximum atomic E-state index is 13.4. The Labute approximate surface area is 176 Å². The molecule has 0 spiro atoms. The minimum Gasteiger partial charge on any atom is -0.488 e. The van der Waals surface area contributed by atoms with E-state index < -0.39 is 16.7 Å². The fraction of sp³-hybridized carbons (Fsp3) is 0.0435. The summed E-state index contributed by atoms with van der Waals surface area (Å²) in [7, 11) is 0. The number of non-ortho nitro benzene ring substituents is 1. The highest BCUT2D eigenvalue weighted by atomic mass is 19.1. The van der Waals surface area contributed by atoms with E-state index in [1.54, 1.807) is 42.5 Å². The van der Waals surface area contributed by atoms with Crippen LogP contribution in [0.25, 0.3) is 6.08 Å². The molecule has 154 valence electrons. The van der Waals surface area contributed by atoms with E-state index in [-0.39, 0.29) is 23.9 Å². The molecule has 0 radical (unpaired) electrons. The van der Waals surface area contributed by atoms with Gasteiger partial charge < -0.3 is 9.47 Å². The van der Waals surface area contributed by atoms with E-state index in [0.717, 1.165) is 5.56 Å². The second-order valence-corrected chi connectivity index (χ2v) is 6.60. The number of halogens is 1. The highest BCUT2D eigenvalue weighted by Gasteiger charge is 2.24. The van der Waals surface area contributed by atoms with Gasteiger partial charge in [-0.25, -0.2) is 14.2 Å². The van der Waals surface area contributed by atoms with Crippen LogP contribution in [0.3, 0.4) is 0 Å². The number of nitro groups is 1. The molecule has 0 saturated heterocycles. The Balaban J connectivity index is 1.54. The molecule has 0 unspecified atom stereocenters. The smallest absolute Gasteiger partial charge is 0.363 e. The van der Waals surface area contributed by atoms with Crippen molar-refractivity contribution in [2.45, 2.75) is 6.61 Å². The summed E-state index contributed by atoms with van der Waals surface area (Å²) in [6.07, 6.45) is 1.53. The second-order valence-electron chi connectivity index (χ2n) is 6.60. The van der Waals surface area contributed by atoms with Gasteiger partial charge in [-0.3, -0.25) is 10.1 Å². The number of cyclic esters (lactones) is 1. The zero-order valence-electron chi connectivity index (χ0n) is 16.0. The average molecular weight is 418 g/mol. The first-order valence-electron chi connectivity index (χ1n) is 9.23. The van der Waals surface area contributed by atoms with Crippen LogP contribution in [0.1, 0.15) is 16.7 Å². The summed E-state index contributed by atoms with van der Waals surface area (Å²) in [5, 5.41) is 10.8. The number of hydrogen-bond acceptors (Lipinski definition) is 6. The SMILES string of the molecule is O=C1OC(c2cccc(F)c2)=N/C1=C/c1ccccc1OCc1ccc([N+](=O)[O-])cc1. The van der Waals surface area contributed by atoms with Crippen molar-refractivity contribution in [3.8, 4) is 5.75 Å². The van der Waals surface area contributed by atoms with E-state index in [9.17, 15) is 19.3 Å². The Bertz CT molecular complexity index is 1220. The molecular formula is C23H15FN2O5. The first-order valence-corrected chi connectivity index (χ1v) is 9.23. The number of aliphatic imine (C=N–C) groups is 1. The summed E-state index contributed by atoms with van der Waals surface area (Å²) >= 11 is 0. The lowest BCUT2D eigenvalue weighted by molar-refractivity contribution is -0.384. The predicted octanol–water partition coefficient (Wildman–Crippen LogP) is 4.66. The standard InChI is InChI=1S/C23H15FN2O5/c24-18-6-3-5-17(12-18)22-25-20(23(27)31-22)13-16-4-1-2-7-21(16)30-14-15-8-10-19(11-9-15)26(28)29/h1-13H,14H2/b20-13+. The topological polar surface area (TPSA) is 91.0 Å². The van der Waals surface area contributed by atoms with Gasteiger partial charge in [-0.1, -0.05) is 24.3 Å². The molecule has 31 heavy (non-hydrogen) atoms. The maximum Gasteiger partial charge on any atom is 0.363 e. The number of ether oxygens (including phenoxy) is 2. The van der Waals surface area contributed by atoms with Crippen molar-refractivity contribution in [2.24, 2.45) is 4.99 Å². The molecule has 1 heterocycles. The molecule has 0 aromatic heterocycles. The number of nitro benzene ring substituents is 1. The fourth-order valence-corrected chi connectivity index (χ4v) is 2.91. The third-order valence-corrected chi connectivity index (χ3v) is 4.44. The van der Waals surface area contributed by atoms with Gasteiger partial charge >= 0.3 is 5.97 Å². The quantitative estimate of drug-likeness (QED) is 0.251. The van der Waals surface area contributed by atoms with Crippen molar-refractivity contribution in [3.05, 3.63) is 111 Å².